The summed E-state index contributed by atoms with van der Waals surface area (Å²) in [6.45, 7) is 1.55. The van der Waals surface area contributed by atoms with Gasteiger partial charge in [0.2, 0.25) is 0 Å². The fourth-order valence-corrected chi connectivity index (χ4v) is 3.98. The Hall–Kier alpha value is -4.84. The van der Waals surface area contributed by atoms with Gasteiger partial charge in [0.05, 0.1) is 10.6 Å². The van der Waals surface area contributed by atoms with Crippen LogP contribution in [0.5, 0.6) is 5.75 Å². The Kier molecular flexibility index (Phi) is 7.63. The first-order chi connectivity index (χ1) is 18.1. The molecule has 4 rings (SSSR count). The Morgan fingerprint density at radius 1 is 1.11 bits per heavy atom. The number of imide groups is 2. The van der Waals surface area contributed by atoms with Crippen molar-refractivity contribution in [2.24, 2.45) is 0 Å². The Balaban J connectivity index is 1.58. The number of nitro benzene ring substituents is 1. The minimum Gasteiger partial charge on any atom is -0.483 e. The summed E-state index contributed by atoms with van der Waals surface area (Å²) in [5.74, 6) is -2.07. The van der Waals surface area contributed by atoms with Crippen molar-refractivity contribution >= 4 is 62.8 Å². The summed E-state index contributed by atoms with van der Waals surface area (Å²) in [5, 5.41) is 15.7. The van der Waals surface area contributed by atoms with Gasteiger partial charge in [0.25, 0.3) is 23.4 Å². The van der Waals surface area contributed by atoms with E-state index in [9.17, 15) is 29.3 Å². The average molecular weight is 579 g/mol. The topological polar surface area (TPSA) is 148 Å². The number of aryl methyl sites for hydroxylation is 1. The van der Waals surface area contributed by atoms with Gasteiger partial charge >= 0.3 is 6.03 Å². The van der Waals surface area contributed by atoms with Crippen LogP contribution in [0.2, 0.25) is 0 Å². The van der Waals surface area contributed by atoms with Crippen molar-refractivity contribution in [3.8, 4) is 5.75 Å². The van der Waals surface area contributed by atoms with Crippen LogP contribution in [-0.4, -0.2) is 35.3 Å². The standard InChI is InChI=1S/C26H19BrN4O7/c1-15-3-2-4-18(11-15)28-23(32)14-38-22-10-5-17(27)12-16(22)13-21-24(33)29-26(35)30(25(21)34)19-6-8-20(9-7-19)31(36)37/h2-13H,14H2,1H3,(H,28,32)(H,29,33,35)/b21-13+. The molecular formula is C26H19BrN4O7. The van der Waals surface area contributed by atoms with Gasteiger partial charge in [0.15, 0.2) is 6.61 Å². The van der Waals surface area contributed by atoms with Crippen molar-refractivity contribution in [1.82, 2.24) is 5.32 Å². The minimum atomic E-state index is -0.996. The van der Waals surface area contributed by atoms with Crippen molar-refractivity contribution in [3.63, 3.8) is 0 Å². The predicted molar refractivity (Wildman–Crippen MR) is 142 cm³/mol. The van der Waals surface area contributed by atoms with E-state index < -0.39 is 28.7 Å². The zero-order valence-electron chi connectivity index (χ0n) is 19.8. The summed E-state index contributed by atoms with van der Waals surface area (Å²) in [6.07, 6.45) is 1.24. The Morgan fingerprint density at radius 3 is 2.53 bits per heavy atom. The third-order valence-electron chi connectivity index (χ3n) is 5.35. The molecule has 0 unspecified atom stereocenters. The Morgan fingerprint density at radius 2 is 1.84 bits per heavy atom. The van der Waals surface area contributed by atoms with Crippen molar-refractivity contribution in [3.05, 3.63) is 98.0 Å². The molecule has 1 heterocycles. The van der Waals surface area contributed by atoms with E-state index in [1.807, 2.05) is 19.1 Å². The number of rotatable bonds is 7. The summed E-state index contributed by atoms with van der Waals surface area (Å²) >= 11 is 3.33. The zero-order chi connectivity index (χ0) is 27.4. The normalized spacial score (nSPS) is 14.3. The van der Waals surface area contributed by atoms with Crippen LogP contribution in [0.4, 0.5) is 21.9 Å². The number of anilines is 2. The third kappa shape index (κ3) is 5.93. The van der Waals surface area contributed by atoms with E-state index in [1.54, 1.807) is 30.3 Å². The van der Waals surface area contributed by atoms with Crippen molar-refractivity contribution in [1.29, 1.82) is 0 Å². The van der Waals surface area contributed by atoms with Gasteiger partial charge in [-0.3, -0.25) is 29.8 Å². The van der Waals surface area contributed by atoms with E-state index in [1.165, 1.54) is 18.2 Å². The summed E-state index contributed by atoms with van der Waals surface area (Å²) in [4.78, 5) is 61.6. The van der Waals surface area contributed by atoms with Gasteiger partial charge < -0.3 is 10.1 Å². The second-order valence-corrected chi connectivity index (χ2v) is 9.04. The van der Waals surface area contributed by atoms with Gasteiger partial charge in [-0.25, -0.2) is 9.69 Å². The number of barbiturate groups is 1. The van der Waals surface area contributed by atoms with Gasteiger partial charge in [-0.1, -0.05) is 28.1 Å². The first kappa shape index (κ1) is 26.2. The highest BCUT2D eigenvalue weighted by atomic mass is 79.9. The molecule has 192 valence electrons. The molecule has 1 aliphatic heterocycles. The van der Waals surface area contributed by atoms with Crippen LogP contribution in [0.3, 0.4) is 0 Å². The van der Waals surface area contributed by atoms with E-state index >= 15 is 0 Å². The number of nitro groups is 1. The number of benzene rings is 3. The molecule has 38 heavy (non-hydrogen) atoms. The van der Waals surface area contributed by atoms with E-state index in [0.717, 1.165) is 17.7 Å². The molecule has 0 saturated carbocycles. The van der Waals surface area contributed by atoms with Crippen molar-refractivity contribution in [2.75, 3.05) is 16.8 Å². The number of hydrogen-bond donors (Lipinski definition) is 2. The van der Waals surface area contributed by atoms with Gasteiger partial charge in [-0.05, 0) is 61.0 Å². The fraction of sp³-hybridized carbons (Fsp3) is 0.0769. The lowest BCUT2D eigenvalue weighted by Crippen LogP contribution is -2.54. The monoisotopic (exact) mass is 578 g/mol. The molecule has 0 aliphatic carbocycles. The molecule has 11 nitrogen and oxygen atoms in total. The van der Waals surface area contributed by atoms with Crippen LogP contribution in [0.15, 0.2) is 76.8 Å². The molecule has 12 heteroatoms. The molecule has 2 N–H and O–H groups in total. The first-order valence-corrected chi connectivity index (χ1v) is 11.9. The van der Waals surface area contributed by atoms with Crippen LogP contribution >= 0.6 is 15.9 Å². The molecule has 3 aromatic rings. The van der Waals surface area contributed by atoms with E-state index in [4.69, 9.17) is 4.74 Å². The zero-order valence-corrected chi connectivity index (χ0v) is 21.4. The maximum atomic E-state index is 13.2. The number of nitrogens with one attached hydrogen (secondary N) is 2. The number of carbonyl (C=O) groups excluding carboxylic acids is 4. The number of ether oxygens (including phenoxy) is 1. The molecule has 5 amide bonds. The average Bonchev–Trinajstić information content (AvgIpc) is 2.86. The highest BCUT2D eigenvalue weighted by molar-refractivity contribution is 9.10. The molecule has 1 aliphatic rings. The lowest BCUT2D eigenvalue weighted by atomic mass is 10.1. The number of carbonyl (C=O) groups is 4. The number of halogens is 1. The highest BCUT2D eigenvalue weighted by Gasteiger charge is 2.37. The second kappa shape index (κ2) is 11.0. The van der Waals surface area contributed by atoms with E-state index in [0.29, 0.717) is 20.6 Å². The molecule has 3 aromatic carbocycles. The van der Waals surface area contributed by atoms with Crippen LogP contribution in [0, 0.1) is 17.0 Å². The molecule has 1 fully saturated rings. The predicted octanol–water partition coefficient (Wildman–Crippen LogP) is 4.35. The lowest BCUT2D eigenvalue weighted by molar-refractivity contribution is -0.384. The van der Waals surface area contributed by atoms with E-state index in [-0.39, 0.29) is 29.3 Å². The molecule has 0 radical (unpaired) electrons. The molecule has 1 saturated heterocycles. The van der Waals surface area contributed by atoms with Crippen LogP contribution < -0.4 is 20.3 Å². The van der Waals surface area contributed by atoms with Crippen LogP contribution in [0.1, 0.15) is 11.1 Å². The first-order valence-electron chi connectivity index (χ1n) is 11.1. The lowest BCUT2D eigenvalue weighted by Gasteiger charge is -2.26. The Labute approximate surface area is 224 Å². The SMILES string of the molecule is Cc1cccc(NC(=O)COc2ccc(Br)cc2/C=C2\C(=O)NC(=O)N(c3ccc([N+](=O)[O-])cc3)C2=O)c1. The molecular weight excluding hydrogens is 560 g/mol. The number of nitrogens with zero attached hydrogens (tertiary/aromatic N) is 2. The fourth-order valence-electron chi connectivity index (χ4n) is 3.60. The van der Waals surface area contributed by atoms with Crippen LogP contribution in [0.25, 0.3) is 6.08 Å². The quantitative estimate of drug-likeness (QED) is 0.183. The smallest absolute Gasteiger partial charge is 0.335 e. The van der Waals surface area contributed by atoms with Crippen molar-refractivity contribution in [2.45, 2.75) is 6.92 Å². The number of amides is 5. The summed E-state index contributed by atoms with van der Waals surface area (Å²) < 4.78 is 6.28. The number of hydrogen-bond acceptors (Lipinski definition) is 7. The van der Waals surface area contributed by atoms with Gasteiger partial charge in [-0.2, -0.15) is 0 Å². The maximum Gasteiger partial charge on any atom is 0.335 e. The van der Waals surface area contributed by atoms with Crippen molar-refractivity contribution < 1.29 is 28.8 Å². The summed E-state index contributed by atoms with van der Waals surface area (Å²) in [5.41, 5.74) is 1.30. The summed E-state index contributed by atoms with van der Waals surface area (Å²) in [7, 11) is 0. The largest absolute Gasteiger partial charge is 0.483 e. The Bertz CT molecular complexity index is 1500. The van der Waals surface area contributed by atoms with E-state index in [2.05, 4.69) is 26.6 Å². The van der Waals surface area contributed by atoms with Gasteiger partial charge in [-0.15, -0.1) is 0 Å². The number of non-ortho nitro benzene ring substituents is 1. The minimum absolute atomic E-state index is 0.0371. The maximum absolute atomic E-state index is 13.2. The van der Waals surface area contributed by atoms with Gasteiger partial charge in [0, 0.05) is 27.9 Å². The number of urea groups is 1. The van der Waals surface area contributed by atoms with Crippen LogP contribution in [-0.2, 0) is 14.4 Å². The third-order valence-corrected chi connectivity index (χ3v) is 5.85. The molecule has 0 bridgehead atoms. The molecule has 0 spiro atoms. The highest BCUT2D eigenvalue weighted by Crippen LogP contribution is 2.29. The second-order valence-electron chi connectivity index (χ2n) is 8.12. The van der Waals surface area contributed by atoms with Gasteiger partial charge in [0.1, 0.15) is 11.3 Å². The molecule has 0 aromatic heterocycles. The summed E-state index contributed by atoms with van der Waals surface area (Å²) in [6, 6.07) is 15.8. The molecule has 0 atom stereocenters.